The third-order valence-electron chi connectivity index (χ3n) is 2.62. The van der Waals surface area contributed by atoms with Gasteiger partial charge in [0.05, 0.1) is 0 Å². The van der Waals surface area contributed by atoms with Crippen molar-refractivity contribution in [3.63, 3.8) is 0 Å². The Morgan fingerprint density at radius 2 is 1.62 bits per heavy atom. The van der Waals surface area contributed by atoms with Crippen LogP contribution < -0.4 is 10.1 Å². The van der Waals surface area contributed by atoms with Gasteiger partial charge < -0.3 is 10.1 Å². The van der Waals surface area contributed by atoms with E-state index in [0.29, 0.717) is 18.0 Å². The van der Waals surface area contributed by atoms with Gasteiger partial charge >= 0.3 is 0 Å². The van der Waals surface area contributed by atoms with E-state index in [0.717, 1.165) is 5.56 Å². The lowest BCUT2D eigenvalue weighted by Gasteiger charge is -2.12. The Balaban J connectivity index is 1.92. The minimum Gasteiger partial charge on any atom is -0.489 e. The van der Waals surface area contributed by atoms with Gasteiger partial charge in [0.25, 0.3) is 9.70 Å². The number of nitrogens with one attached hydrogen (secondary N) is 1. The summed E-state index contributed by atoms with van der Waals surface area (Å²) in [5.41, 5.74) is 1.60. The maximum Gasteiger partial charge on any atom is 0.276 e. The van der Waals surface area contributed by atoms with Crippen LogP contribution in [-0.2, 0) is 11.4 Å². The third-order valence-corrected chi connectivity index (χ3v) is 3.13. The van der Waals surface area contributed by atoms with E-state index in [4.69, 9.17) is 39.5 Å². The zero-order valence-electron chi connectivity index (χ0n) is 10.9. The van der Waals surface area contributed by atoms with Crippen molar-refractivity contribution >= 4 is 46.4 Å². The van der Waals surface area contributed by atoms with E-state index < -0.39 is 9.70 Å². The number of amides is 1. The molecule has 0 unspecified atom stereocenters. The standard InChI is InChI=1S/C15H12Cl3NO2/c16-15(17,18)14(20)19-12-6-8-13(9-7-12)21-10-11-4-2-1-3-5-11/h1-9H,10H2,(H,19,20). The van der Waals surface area contributed by atoms with Gasteiger partial charge in [-0.15, -0.1) is 0 Å². The molecule has 0 atom stereocenters. The molecule has 2 aromatic carbocycles. The van der Waals surface area contributed by atoms with Gasteiger partial charge in [0.15, 0.2) is 0 Å². The van der Waals surface area contributed by atoms with E-state index in [-0.39, 0.29) is 0 Å². The summed E-state index contributed by atoms with van der Waals surface area (Å²) in [7, 11) is 0. The van der Waals surface area contributed by atoms with Crippen molar-refractivity contribution in [1.82, 2.24) is 0 Å². The SMILES string of the molecule is O=C(Nc1ccc(OCc2ccccc2)cc1)C(Cl)(Cl)Cl. The number of ether oxygens (including phenoxy) is 1. The van der Waals surface area contributed by atoms with Crippen LogP contribution in [0.1, 0.15) is 5.56 Å². The second kappa shape index (κ2) is 7.03. The summed E-state index contributed by atoms with van der Waals surface area (Å²) in [4.78, 5) is 11.5. The third kappa shape index (κ3) is 5.12. The largest absolute Gasteiger partial charge is 0.489 e. The fourth-order valence-corrected chi connectivity index (χ4v) is 1.72. The van der Waals surface area contributed by atoms with Crippen molar-refractivity contribution in [1.29, 1.82) is 0 Å². The Hall–Kier alpha value is -1.42. The minimum absolute atomic E-state index is 0.473. The van der Waals surface area contributed by atoms with E-state index in [1.54, 1.807) is 24.3 Å². The molecular weight excluding hydrogens is 333 g/mol. The van der Waals surface area contributed by atoms with Gasteiger partial charge in [-0.2, -0.15) is 0 Å². The van der Waals surface area contributed by atoms with E-state index in [2.05, 4.69) is 5.32 Å². The number of carbonyl (C=O) groups excluding carboxylic acids is 1. The number of hydrogen-bond donors (Lipinski definition) is 1. The second-order valence-corrected chi connectivity index (χ2v) is 6.53. The molecule has 2 rings (SSSR count). The molecule has 0 radical (unpaired) electrons. The molecule has 0 bridgehead atoms. The van der Waals surface area contributed by atoms with Gasteiger partial charge in [-0.25, -0.2) is 0 Å². The number of hydrogen-bond acceptors (Lipinski definition) is 2. The molecule has 0 aliphatic rings. The molecule has 0 spiro atoms. The summed E-state index contributed by atoms with van der Waals surface area (Å²) in [6, 6.07) is 16.6. The van der Waals surface area contributed by atoms with Gasteiger partial charge in [0.1, 0.15) is 12.4 Å². The smallest absolute Gasteiger partial charge is 0.276 e. The summed E-state index contributed by atoms with van der Waals surface area (Å²) in [6.45, 7) is 0.473. The highest BCUT2D eigenvalue weighted by Gasteiger charge is 2.30. The summed E-state index contributed by atoms with van der Waals surface area (Å²) >= 11 is 16.4. The van der Waals surface area contributed by atoms with Gasteiger partial charge in [-0.3, -0.25) is 4.79 Å². The van der Waals surface area contributed by atoms with Crippen molar-refractivity contribution in [2.45, 2.75) is 10.4 Å². The summed E-state index contributed by atoms with van der Waals surface area (Å²) < 4.78 is 3.64. The van der Waals surface area contributed by atoms with E-state index in [1.165, 1.54) is 0 Å². The summed E-state index contributed by atoms with van der Waals surface area (Å²) in [5, 5.41) is 2.49. The maximum atomic E-state index is 11.5. The monoisotopic (exact) mass is 343 g/mol. The second-order valence-electron chi connectivity index (χ2n) is 4.25. The predicted octanol–water partition coefficient (Wildman–Crippen LogP) is 4.57. The van der Waals surface area contributed by atoms with Gasteiger partial charge in [0.2, 0.25) is 0 Å². The molecule has 0 aliphatic carbocycles. The molecule has 0 aromatic heterocycles. The Kier molecular flexibility index (Phi) is 5.34. The highest BCUT2D eigenvalue weighted by molar-refractivity contribution is 6.76. The first-order valence-electron chi connectivity index (χ1n) is 6.10. The van der Waals surface area contributed by atoms with Crippen LogP contribution in [0.25, 0.3) is 0 Å². The number of carbonyl (C=O) groups is 1. The molecule has 21 heavy (non-hydrogen) atoms. The van der Waals surface area contributed by atoms with Crippen LogP contribution in [0, 0.1) is 0 Å². The minimum atomic E-state index is -1.98. The summed E-state index contributed by atoms with van der Waals surface area (Å²) in [5.74, 6) is -0.0174. The lowest BCUT2D eigenvalue weighted by Crippen LogP contribution is -2.26. The normalized spacial score (nSPS) is 11.0. The Morgan fingerprint density at radius 1 is 1.00 bits per heavy atom. The first kappa shape index (κ1) is 16.0. The Labute approximate surface area is 137 Å². The summed E-state index contributed by atoms with van der Waals surface area (Å²) in [6.07, 6.45) is 0. The molecular formula is C15H12Cl3NO2. The molecule has 0 fully saturated rings. The molecule has 1 N–H and O–H groups in total. The molecule has 6 heteroatoms. The van der Waals surface area contributed by atoms with Crippen LogP contribution in [0.2, 0.25) is 0 Å². The first-order chi connectivity index (χ1) is 9.95. The average molecular weight is 345 g/mol. The van der Waals surface area contributed by atoms with Crippen LogP contribution >= 0.6 is 34.8 Å². The average Bonchev–Trinajstić information content (AvgIpc) is 2.46. The molecule has 2 aromatic rings. The number of alkyl halides is 3. The zero-order valence-corrected chi connectivity index (χ0v) is 13.1. The molecule has 0 heterocycles. The zero-order chi connectivity index (χ0) is 15.3. The fraction of sp³-hybridized carbons (Fsp3) is 0.133. The Morgan fingerprint density at radius 3 is 2.19 bits per heavy atom. The number of anilines is 1. The van der Waals surface area contributed by atoms with E-state index >= 15 is 0 Å². The van der Waals surface area contributed by atoms with Crippen molar-refractivity contribution in [3.8, 4) is 5.75 Å². The Bertz CT molecular complexity index is 595. The molecule has 3 nitrogen and oxygen atoms in total. The van der Waals surface area contributed by atoms with Crippen LogP contribution in [0.15, 0.2) is 54.6 Å². The van der Waals surface area contributed by atoms with Crippen LogP contribution in [0.4, 0.5) is 5.69 Å². The van der Waals surface area contributed by atoms with E-state index in [1.807, 2.05) is 30.3 Å². The first-order valence-corrected chi connectivity index (χ1v) is 7.23. The van der Waals surface area contributed by atoms with Gasteiger partial charge in [0, 0.05) is 5.69 Å². The molecule has 0 aliphatic heterocycles. The van der Waals surface area contributed by atoms with Crippen molar-refractivity contribution in [2.75, 3.05) is 5.32 Å². The van der Waals surface area contributed by atoms with Gasteiger partial charge in [-0.1, -0.05) is 65.1 Å². The van der Waals surface area contributed by atoms with Crippen molar-refractivity contribution in [2.24, 2.45) is 0 Å². The van der Waals surface area contributed by atoms with Gasteiger partial charge in [-0.05, 0) is 29.8 Å². The lowest BCUT2D eigenvalue weighted by atomic mass is 10.2. The van der Waals surface area contributed by atoms with Crippen LogP contribution in [0.5, 0.6) is 5.75 Å². The molecule has 110 valence electrons. The fourth-order valence-electron chi connectivity index (χ4n) is 1.58. The highest BCUT2D eigenvalue weighted by atomic mass is 35.6. The predicted molar refractivity (Wildman–Crippen MR) is 86.1 cm³/mol. The number of halogens is 3. The molecule has 1 amide bonds. The number of benzene rings is 2. The van der Waals surface area contributed by atoms with Crippen molar-refractivity contribution < 1.29 is 9.53 Å². The van der Waals surface area contributed by atoms with Crippen molar-refractivity contribution in [3.05, 3.63) is 60.2 Å². The topological polar surface area (TPSA) is 38.3 Å². The molecule has 0 saturated carbocycles. The lowest BCUT2D eigenvalue weighted by molar-refractivity contribution is -0.115. The number of rotatable bonds is 4. The maximum absolute atomic E-state index is 11.5. The quantitative estimate of drug-likeness (QED) is 0.825. The van der Waals surface area contributed by atoms with Crippen LogP contribution in [-0.4, -0.2) is 9.70 Å². The van der Waals surface area contributed by atoms with E-state index in [9.17, 15) is 4.79 Å². The van der Waals surface area contributed by atoms with Crippen LogP contribution in [0.3, 0.4) is 0 Å². The molecule has 0 saturated heterocycles. The highest BCUT2D eigenvalue weighted by Crippen LogP contribution is 2.28.